The molecule has 0 fully saturated rings. The molecule has 1 heterocycles. The Balaban J connectivity index is 0.00000169. The van der Waals surface area contributed by atoms with Gasteiger partial charge in [-0.25, -0.2) is 0 Å². The Morgan fingerprint density at radius 3 is 2.79 bits per heavy atom. The first-order chi connectivity index (χ1) is 6.15. The molecule has 0 saturated carbocycles. The van der Waals surface area contributed by atoms with E-state index in [1.165, 1.54) is 6.07 Å². The zero-order valence-corrected chi connectivity index (χ0v) is 9.01. The van der Waals surface area contributed by atoms with Crippen molar-refractivity contribution in [3.63, 3.8) is 0 Å². The van der Waals surface area contributed by atoms with E-state index in [-0.39, 0.29) is 23.4 Å². The van der Waals surface area contributed by atoms with Crippen LogP contribution in [0.5, 0.6) is 0 Å². The minimum Gasteiger partial charge on any atom is -0.323 e. The second-order valence-corrected chi connectivity index (χ2v) is 3.66. The molecule has 0 spiro atoms. The van der Waals surface area contributed by atoms with Crippen molar-refractivity contribution in [3.05, 3.63) is 39.8 Å². The third kappa shape index (κ3) is 3.10. The smallest absolute Gasteiger partial charge is 0.323 e. The summed E-state index contributed by atoms with van der Waals surface area (Å²) in [6.45, 7) is 3.56. The molecule has 0 aliphatic heterocycles. The third-order valence-corrected chi connectivity index (χ3v) is 2.75. The second-order valence-electron chi connectivity index (χ2n) is 2.56. The minimum absolute atomic E-state index is 0. The number of halogens is 1. The molecule has 0 amide bonds. The largest absolute Gasteiger partial charge is 0.324 e. The summed E-state index contributed by atoms with van der Waals surface area (Å²) in [6.07, 6.45) is 2.34. The van der Waals surface area contributed by atoms with E-state index in [9.17, 15) is 10.1 Å². The van der Waals surface area contributed by atoms with Gasteiger partial charge in [-0.05, 0) is 12.5 Å². The van der Waals surface area contributed by atoms with Crippen LogP contribution in [0.15, 0.2) is 24.8 Å². The second kappa shape index (κ2) is 5.74. The van der Waals surface area contributed by atoms with Crippen LogP contribution in [0.2, 0.25) is 0 Å². The highest BCUT2D eigenvalue weighted by Gasteiger charge is 2.13. The summed E-state index contributed by atoms with van der Waals surface area (Å²) < 4.78 is 0. The average molecular weight is 235 g/mol. The van der Waals surface area contributed by atoms with E-state index >= 15 is 0 Å². The van der Waals surface area contributed by atoms with Gasteiger partial charge in [0.05, 0.1) is 4.92 Å². The predicted octanol–water partition coefficient (Wildman–Crippen LogP) is 2.65. The summed E-state index contributed by atoms with van der Waals surface area (Å²) in [5.41, 5.74) is 5.74. The van der Waals surface area contributed by atoms with Crippen molar-refractivity contribution in [2.75, 3.05) is 0 Å². The maximum Gasteiger partial charge on any atom is 0.324 e. The molecule has 0 aliphatic carbocycles. The molecule has 1 aromatic rings. The average Bonchev–Trinajstić information content (AvgIpc) is 2.52. The third-order valence-electron chi connectivity index (χ3n) is 1.58. The lowest BCUT2D eigenvalue weighted by molar-refractivity contribution is -0.380. The van der Waals surface area contributed by atoms with Gasteiger partial charge in [0.2, 0.25) is 0 Å². The normalized spacial score (nSPS) is 11.5. The van der Waals surface area contributed by atoms with Crippen LogP contribution in [-0.4, -0.2) is 4.92 Å². The van der Waals surface area contributed by atoms with Gasteiger partial charge in [-0.15, -0.1) is 19.0 Å². The zero-order valence-electron chi connectivity index (χ0n) is 7.38. The molecular weight excluding hydrogens is 224 g/mol. The van der Waals surface area contributed by atoms with Gasteiger partial charge in [0.25, 0.3) is 0 Å². The number of nitrogens with zero attached hydrogens (tertiary/aromatic N) is 1. The molecule has 0 radical (unpaired) electrons. The van der Waals surface area contributed by atoms with Crippen molar-refractivity contribution in [1.29, 1.82) is 0 Å². The quantitative estimate of drug-likeness (QED) is 0.495. The van der Waals surface area contributed by atoms with Crippen molar-refractivity contribution in [3.8, 4) is 0 Å². The molecule has 1 atom stereocenters. The number of rotatable bonds is 4. The summed E-state index contributed by atoms with van der Waals surface area (Å²) in [5, 5.41) is 10.5. The predicted molar refractivity (Wildman–Crippen MR) is 60.0 cm³/mol. The van der Waals surface area contributed by atoms with Crippen LogP contribution in [-0.2, 0) is 0 Å². The number of thiophene rings is 1. The van der Waals surface area contributed by atoms with Crippen LogP contribution in [0.4, 0.5) is 5.00 Å². The molecule has 6 heteroatoms. The molecule has 0 aliphatic rings. The summed E-state index contributed by atoms with van der Waals surface area (Å²) >= 11 is 1.12. The molecule has 14 heavy (non-hydrogen) atoms. The maximum absolute atomic E-state index is 10.3. The Hall–Kier alpha value is -0.910. The van der Waals surface area contributed by atoms with Gasteiger partial charge >= 0.3 is 5.00 Å². The van der Waals surface area contributed by atoms with E-state index < -0.39 is 4.92 Å². The van der Waals surface area contributed by atoms with Crippen molar-refractivity contribution in [2.24, 2.45) is 5.73 Å². The summed E-state index contributed by atoms with van der Waals surface area (Å²) in [4.78, 5) is 10.8. The van der Waals surface area contributed by atoms with Gasteiger partial charge in [-0.1, -0.05) is 17.4 Å². The Morgan fingerprint density at radius 1 is 1.71 bits per heavy atom. The topological polar surface area (TPSA) is 69.2 Å². The summed E-state index contributed by atoms with van der Waals surface area (Å²) in [6, 6.07) is 3.00. The Bertz CT molecular complexity index is 327. The van der Waals surface area contributed by atoms with Crippen LogP contribution in [0.1, 0.15) is 17.3 Å². The van der Waals surface area contributed by atoms with E-state index in [0.717, 1.165) is 16.2 Å². The van der Waals surface area contributed by atoms with Crippen molar-refractivity contribution >= 4 is 28.7 Å². The molecule has 1 aromatic heterocycles. The van der Waals surface area contributed by atoms with E-state index in [2.05, 4.69) is 6.58 Å². The first-order valence-corrected chi connectivity index (χ1v) is 4.57. The van der Waals surface area contributed by atoms with E-state index in [0.29, 0.717) is 6.42 Å². The van der Waals surface area contributed by atoms with Gasteiger partial charge < -0.3 is 5.73 Å². The Labute approximate surface area is 92.0 Å². The standard InChI is InChI=1S/C8H10N2O2S.ClH/c1-2-3-6(9)7-4-5-8(13-7)10(11)12;/h2,4-6H,1,3,9H2;1H/t6-;/m0./s1. The number of nitrogens with two attached hydrogens (primary N) is 1. The molecule has 0 saturated heterocycles. The van der Waals surface area contributed by atoms with Crippen molar-refractivity contribution in [1.82, 2.24) is 0 Å². The van der Waals surface area contributed by atoms with Gasteiger partial charge in [0, 0.05) is 17.0 Å². The van der Waals surface area contributed by atoms with Crippen molar-refractivity contribution in [2.45, 2.75) is 12.5 Å². The van der Waals surface area contributed by atoms with Gasteiger partial charge in [0.1, 0.15) is 0 Å². The minimum atomic E-state index is -0.408. The van der Waals surface area contributed by atoms with E-state index in [1.54, 1.807) is 12.1 Å². The zero-order chi connectivity index (χ0) is 9.84. The molecule has 0 aromatic carbocycles. The van der Waals surface area contributed by atoms with Gasteiger partial charge in [-0.2, -0.15) is 0 Å². The highest BCUT2D eigenvalue weighted by molar-refractivity contribution is 7.15. The van der Waals surface area contributed by atoms with Crippen LogP contribution in [0.3, 0.4) is 0 Å². The number of hydrogen-bond acceptors (Lipinski definition) is 4. The van der Waals surface area contributed by atoms with Gasteiger partial charge in [-0.3, -0.25) is 10.1 Å². The summed E-state index contributed by atoms with van der Waals surface area (Å²) in [5.74, 6) is 0. The lowest BCUT2D eigenvalue weighted by Gasteiger charge is -2.03. The highest BCUT2D eigenvalue weighted by atomic mass is 35.5. The van der Waals surface area contributed by atoms with Crippen molar-refractivity contribution < 1.29 is 4.92 Å². The lowest BCUT2D eigenvalue weighted by atomic mass is 10.2. The molecule has 78 valence electrons. The van der Waals surface area contributed by atoms with Crippen LogP contribution in [0, 0.1) is 10.1 Å². The van der Waals surface area contributed by atoms with Crippen LogP contribution in [0.25, 0.3) is 0 Å². The molecule has 2 N–H and O–H groups in total. The lowest BCUT2D eigenvalue weighted by Crippen LogP contribution is -2.06. The van der Waals surface area contributed by atoms with Gasteiger partial charge in [0.15, 0.2) is 0 Å². The SMILES string of the molecule is C=CC[C@H](N)c1ccc([N+](=O)[O-])s1.Cl. The fourth-order valence-corrected chi connectivity index (χ4v) is 1.77. The fraction of sp³-hybridized carbons (Fsp3) is 0.250. The molecule has 4 nitrogen and oxygen atoms in total. The monoisotopic (exact) mass is 234 g/mol. The van der Waals surface area contributed by atoms with E-state index in [1.807, 2.05) is 0 Å². The molecule has 1 rings (SSSR count). The molecule has 0 bridgehead atoms. The first kappa shape index (κ1) is 13.1. The number of nitro groups is 1. The first-order valence-electron chi connectivity index (χ1n) is 3.75. The Morgan fingerprint density at radius 2 is 2.36 bits per heavy atom. The van der Waals surface area contributed by atoms with Crippen LogP contribution < -0.4 is 5.73 Å². The number of hydrogen-bond donors (Lipinski definition) is 1. The van der Waals surface area contributed by atoms with Crippen LogP contribution >= 0.6 is 23.7 Å². The molecular formula is C8H11ClN2O2S. The molecule has 0 unspecified atom stereocenters. The summed E-state index contributed by atoms with van der Waals surface area (Å²) in [7, 11) is 0. The Kier molecular flexibility index (Phi) is 5.37. The highest BCUT2D eigenvalue weighted by Crippen LogP contribution is 2.28. The maximum atomic E-state index is 10.3. The fourth-order valence-electron chi connectivity index (χ4n) is 0.935. The van der Waals surface area contributed by atoms with E-state index in [4.69, 9.17) is 5.73 Å².